The Kier molecular flexibility index (Phi) is 10.6. The number of likely N-dealkylation sites (N-methyl/N-ethyl adjacent to an activating group) is 1. The third-order valence-corrected chi connectivity index (χ3v) is 12.4. The molecule has 2 aromatic rings. The van der Waals surface area contributed by atoms with Crippen molar-refractivity contribution in [3.05, 3.63) is 45.4 Å². The van der Waals surface area contributed by atoms with E-state index in [2.05, 4.69) is 31.1 Å². The van der Waals surface area contributed by atoms with Gasteiger partial charge in [0.15, 0.2) is 5.78 Å². The Morgan fingerprint density at radius 1 is 1.13 bits per heavy atom. The van der Waals surface area contributed by atoms with Crippen LogP contribution in [0.15, 0.2) is 23.6 Å². The van der Waals surface area contributed by atoms with Gasteiger partial charge in [0, 0.05) is 24.2 Å². The molecule has 3 aliphatic carbocycles. The summed E-state index contributed by atoms with van der Waals surface area (Å²) in [6, 6.07) is 3.36. The van der Waals surface area contributed by atoms with Crippen molar-refractivity contribution in [2.45, 2.75) is 110 Å². The molecule has 2 saturated heterocycles. The largest absolute Gasteiger partial charge is 0.496 e. The highest BCUT2D eigenvalue weighted by atomic mass is 32.1. The Hall–Kier alpha value is -3.82. The number of urea groups is 1. The van der Waals surface area contributed by atoms with Gasteiger partial charge in [-0.05, 0) is 89.7 Å². The summed E-state index contributed by atoms with van der Waals surface area (Å²) in [4.78, 5) is 73.5. The van der Waals surface area contributed by atoms with Gasteiger partial charge in [0.1, 0.15) is 36.0 Å². The molecular formula is C38H51BN4O9S. The normalized spacial score (nSPS) is 26.1. The van der Waals surface area contributed by atoms with Gasteiger partial charge in [0.25, 0.3) is 0 Å². The lowest BCUT2D eigenvalue weighted by Gasteiger charge is -2.64. The number of nitrogens with one attached hydrogen (secondary N) is 1. The summed E-state index contributed by atoms with van der Waals surface area (Å²) in [7, 11) is 0.719. The van der Waals surface area contributed by atoms with Crippen molar-refractivity contribution >= 4 is 48.1 Å². The lowest BCUT2D eigenvalue weighted by molar-refractivity contribution is -0.199. The second-order valence-electron chi connectivity index (χ2n) is 16.5. The second-order valence-corrected chi connectivity index (χ2v) is 17.6. The fourth-order valence-corrected chi connectivity index (χ4v) is 9.38. The van der Waals surface area contributed by atoms with Crippen LogP contribution in [0.25, 0.3) is 0 Å². The molecule has 13 nitrogen and oxygen atoms in total. The maximum absolute atomic E-state index is 14.6. The first-order valence-corrected chi connectivity index (χ1v) is 19.3. The molecule has 1 N–H and O–H groups in total. The summed E-state index contributed by atoms with van der Waals surface area (Å²) in [5.74, 6) is -1.28. The summed E-state index contributed by atoms with van der Waals surface area (Å²) >= 11 is 1.34. The van der Waals surface area contributed by atoms with Crippen LogP contribution in [0, 0.1) is 24.2 Å². The van der Waals surface area contributed by atoms with Gasteiger partial charge in [-0.3, -0.25) is 19.3 Å². The number of nitrogens with zero attached hydrogens (tertiary/aromatic N) is 3. The first-order chi connectivity index (χ1) is 24.9. The van der Waals surface area contributed by atoms with Crippen molar-refractivity contribution in [3.63, 3.8) is 0 Å². The predicted octanol–water partition coefficient (Wildman–Crippen LogP) is 5.16. The average molecular weight is 751 g/mol. The third kappa shape index (κ3) is 7.48. The molecule has 6 atom stereocenters. The molecule has 7 rings (SSSR count). The molecule has 3 heterocycles. The molecule has 2 bridgehead atoms. The van der Waals surface area contributed by atoms with Crippen LogP contribution in [0.3, 0.4) is 0 Å². The number of imide groups is 1. The summed E-state index contributed by atoms with van der Waals surface area (Å²) in [6.07, 6.45) is 1.92. The number of rotatable bonds is 11. The molecular weight excluding hydrogens is 699 g/mol. The number of benzene rings is 1. The van der Waals surface area contributed by atoms with E-state index in [4.69, 9.17) is 18.8 Å². The predicted molar refractivity (Wildman–Crippen MR) is 197 cm³/mol. The van der Waals surface area contributed by atoms with Gasteiger partial charge < -0.3 is 29.0 Å². The van der Waals surface area contributed by atoms with Gasteiger partial charge in [0.2, 0.25) is 11.8 Å². The molecule has 53 heavy (non-hydrogen) atoms. The summed E-state index contributed by atoms with van der Waals surface area (Å²) < 4.78 is 25.1. The van der Waals surface area contributed by atoms with Gasteiger partial charge in [-0.2, -0.15) is 0 Å². The standard InChI is InChI=1S/C38H51BN4O9S/c1-10-43-30(45)18-42(19-31(43)46)35(48)41-32(26-20-53-21(2)40-26)27(44)17-24(39-51-29-16-23-15-28(37(23,6)7)38(29,8)52-39)14-22-12-11-13-25(33(22)49-9)34(47)50-36(3,4)5/h11-13,20,23-24,28-29,32H,10,14-19H2,1-9H3,(H,41,48)/t23?,24-,28?,29?,32?,38+/m1/s1. The van der Waals surface area contributed by atoms with E-state index >= 15 is 0 Å². The molecule has 0 radical (unpaired) electrons. The Bertz CT molecular complexity index is 1770. The molecule has 4 unspecified atom stereocenters. The first kappa shape index (κ1) is 38.9. The Labute approximate surface area is 315 Å². The Balaban J connectivity index is 1.31. The van der Waals surface area contributed by atoms with Crippen LogP contribution in [0.4, 0.5) is 4.79 Å². The zero-order valence-electron chi connectivity index (χ0n) is 32.1. The Morgan fingerprint density at radius 2 is 1.83 bits per heavy atom. The number of piperazine rings is 1. The number of esters is 1. The van der Waals surface area contributed by atoms with E-state index in [1.54, 1.807) is 52.1 Å². The van der Waals surface area contributed by atoms with E-state index in [1.165, 1.54) is 18.4 Å². The van der Waals surface area contributed by atoms with Crippen LogP contribution < -0.4 is 10.1 Å². The van der Waals surface area contributed by atoms with Gasteiger partial charge >= 0.3 is 19.1 Å². The molecule has 5 aliphatic rings. The monoisotopic (exact) mass is 750 g/mol. The van der Waals surface area contributed by atoms with Crippen molar-refractivity contribution in [1.29, 1.82) is 0 Å². The highest BCUT2D eigenvalue weighted by Gasteiger charge is 2.68. The molecule has 286 valence electrons. The number of para-hydroxylation sites is 1. The number of aromatic nitrogens is 1. The smallest absolute Gasteiger partial charge is 0.461 e. The van der Waals surface area contributed by atoms with Crippen LogP contribution >= 0.6 is 11.3 Å². The Morgan fingerprint density at radius 3 is 2.42 bits per heavy atom. The average Bonchev–Trinajstić information content (AvgIpc) is 3.67. The fraction of sp³-hybridized carbons (Fsp3) is 0.632. The molecule has 15 heteroatoms. The molecule has 1 aromatic carbocycles. The van der Waals surface area contributed by atoms with E-state index in [0.29, 0.717) is 27.9 Å². The number of hydrogen-bond acceptors (Lipinski definition) is 11. The molecule has 1 aromatic heterocycles. The number of thiazole rings is 1. The minimum absolute atomic E-state index is 0.0895. The van der Waals surface area contributed by atoms with Gasteiger partial charge in [0.05, 0.1) is 29.5 Å². The highest BCUT2D eigenvalue weighted by Crippen LogP contribution is 2.66. The maximum atomic E-state index is 14.6. The third-order valence-electron chi connectivity index (χ3n) is 11.6. The SMILES string of the molecule is CCN1C(=O)CN(C(=O)NC(C(=O)C[C@@H](Cc2cccc(C(=O)OC(C)(C)C)c2OC)B2OC3CC4CC(C4(C)C)[C@]3(C)O2)c2csc(C)n2)CC1=O. The number of ether oxygens (including phenoxy) is 2. The minimum Gasteiger partial charge on any atom is -0.496 e. The summed E-state index contributed by atoms with van der Waals surface area (Å²) in [5, 5.41) is 5.22. The number of methoxy groups -OCH3 is 1. The highest BCUT2D eigenvalue weighted by molar-refractivity contribution is 7.09. The van der Waals surface area contributed by atoms with E-state index in [1.807, 2.05) is 6.07 Å². The second kappa shape index (κ2) is 14.4. The number of hydrogen-bond donors (Lipinski definition) is 1. The zero-order chi connectivity index (χ0) is 38.6. The van der Waals surface area contributed by atoms with Crippen molar-refractivity contribution < 1.29 is 42.8 Å². The maximum Gasteiger partial charge on any atom is 0.461 e. The van der Waals surface area contributed by atoms with Crippen LogP contribution in [0.1, 0.15) is 100 Å². The van der Waals surface area contributed by atoms with Gasteiger partial charge in [-0.15, -0.1) is 11.3 Å². The lowest BCUT2D eigenvalue weighted by Crippen LogP contribution is -2.65. The summed E-state index contributed by atoms with van der Waals surface area (Å²) in [6.45, 7) is 15.2. The number of aryl methyl sites for hydroxylation is 1. The van der Waals surface area contributed by atoms with Crippen LogP contribution in [-0.4, -0.2) is 95.6 Å². The summed E-state index contributed by atoms with van der Waals surface area (Å²) in [5.41, 5.74) is 0.111. The van der Waals surface area contributed by atoms with E-state index in [0.717, 1.165) is 22.6 Å². The van der Waals surface area contributed by atoms with E-state index in [9.17, 15) is 24.0 Å². The van der Waals surface area contributed by atoms with E-state index < -0.39 is 54.0 Å². The number of carbonyl (C=O) groups excluding carboxylic acids is 5. The van der Waals surface area contributed by atoms with Crippen LogP contribution in [0.5, 0.6) is 5.75 Å². The zero-order valence-corrected chi connectivity index (χ0v) is 33.0. The number of ketones is 1. The van der Waals surface area contributed by atoms with Crippen LogP contribution in [-0.2, 0) is 34.9 Å². The fourth-order valence-electron chi connectivity index (χ4n) is 8.74. The molecule has 3 saturated carbocycles. The minimum atomic E-state index is -1.18. The quantitative estimate of drug-likeness (QED) is 0.185. The topological polar surface area (TPSA) is 154 Å². The lowest BCUT2D eigenvalue weighted by atomic mass is 9.43. The van der Waals surface area contributed by atoms with Crippen molar-refractivity contribution in [1.82, 2.24) is 20.1 Å². The molecule has 5 fully saturated rings. The van der Waals surface area contributed by atoms with Gasteiger partial charge in [-0.1, -0.05) is 26.0 Å². The number of Topliss-reactive ketones (excluding diaryl/α,β-unsaturated/α-hetero) is 1. The molecule has 0 spiro atoms. The number of amides is 4. The van der Waals surface area contributed by atoms with Crippen molar-refractivity contribution in [2.75, 3.05) is 26.7 Å². The van der Waals surface area contributed by atoms with Crippen molar-refractivity contribution in [3.8, 4) is 5.75 Å². The van der Waals surface area contributed by atoms with E-state index in [-0.39, 0.29) is 61.3 Å². The van der Waals surface area contributed by atoms with Crippen LogP contribution in [0.2, 0.25) is 5.82 Å². The molecule has 4 amide bonds. The number of carbonyl (C=O) groups is 5. The molecule has 2 aliphatic heterocycles. The van der Waals surface area contributed by atoms with Gasteiger partial charge in [-0.25, -0.2) is 14.6 Å². The first-order valence-electron chi connectivity index (χ1n) is 18.4. The van der Waals surface area contributed by atoms with Crippen molar-refractivity contribution in [2.24, 2.45) is 17.3 Å².